The molecule has 1 saturated heterocycles. The summed E-state index contributed by atoms with van der Waals surface area (Å²) in [5.74, 6) is 0.475. The second-order valence-electron chi connectivity index (χ2n) is 6.93. The predicted octanol–water partition coefficient (Wildman–Crippen LogP) is 2.17. The number of guanidine groups is 1. The lowest BCUT2D eigenvalue weighted by molar-refractivity contribution is -0.117. The van der Waals surface area contributed by atoms with Crippen molar-refractivity contribution in [2.24, 2.45) is 10.7 Å². The highest BCUT2D eigenvalue weighted by Gasteiger charge is 2.21. The van der Waals surface area contributed by atoms with Gasteiger partial charge in [-0.25, -0.2) is 4.99 Å². The van der Waals surface area contributed by atoms with Gasteiger partial charge in [-0.05, 0) is 48.7 Å². The summed E-state index contributed by atoms with van der Waals surface area (Å²) in [6.07, 6.45) is 1.56. The highest BCUT2D eigenvalue weighted by molar-refractivity contribution is 5.95. The van der Waals surface area contributed by atoms with E-state index in [9.17, 15) is 9.59 Å². The first-order valence-electron chi connectivity index (χ1n) is 9.87. The third-order valence-corrected chi connectivity index (χ3v) is 4.78. The average Bonchev–Trinajstić information content (AvgIpc) is 3.16. The fourth-order valence-corrected chi connectivity index (χ4v) is 3.19. The lowest BCUT2D eigenvalue weighted by Gasteiger charge is -2.16. The van der Waals surface area contributed by atoms with Gasteiger partial charge >= 0.3 is 0 Å². The first-order valence-corrected chi connectivity index (χ1v) is 9.87. The van der Waals surface area contributed by atoms with Gasteiger partial charge in [0.25, 0.3) is 0 Å². The van der Waals surface area contributed by atoms with Gasteiger partial charge in [-0.2, -0.15) is 0 Å². The van der Waals surface area contributed by atoms with E-state index in [-0.39, 0.29) is 5.91 Å². The molecular formula is C22H27N5O2. The van der Waals surface area contributed by atoms with Crippen LogP contribution in [0.15, 0.2) is 53.5 Å². The molecule has 7 nitrogen and oxygen atoms in total. The number of carbonyl (C=O) groups is 2. The van der Waals surface area contributed by atoms with Gasteiger partial charge in [0.2, 0.25) is 11.8 Å². The minimum absolute atomic E-state index is 0.193. The van der Waals surface area contributed by atoms with Crippen LogP contribution >= 0.6 is 0 Å². The second-order valence-corrected chi connectivity index (χ2v) is 6.93. The monoisotopic (exact) mass is 393 g/mol. The van der Waals surface area contributed by atoms with Crippen LogP contribution in [-0.4, -0.2) is 30.9 Å². The summed E-state index contributed by atoms with van der Waals surface area (Å²) in [5, 5.41) is 6.51. The number of nitrogens with zero attached hydrogens (tertiary/aromatic N) is 2. The van der Waals surface area contributed by atoms with Gasteiger partial charge in [0, 0.05) is 37.3 Å². The molecule has 1 fully saturated rings. The standard InChI is InChI=1S/C22H27N5O2/c1-2-24-22(25-14-16-5-9-18(10-6-16)21(23)29)26-15-17-7-11-19(12-8-17)27-13-3-4-20(27)28/h5-12H,2-4,13-15H2,1H3,(H2,23,29)(H2,24,25,26). The van der Waals surface area contributed by atoms with Crippen LogP contribution in [0.2, 0.25) is 0 Å². The number of nitrogens with one attached hydrogen (secondary N) is 2. The molecule has 2 aromatic carbocycles. The minimum Gasteiger partial charge on any atom is -0.366 e. The van der Waals surface area contributed by atoms with Crippen molar-refractivity contribution in [1.82, 2.24) is 10.6 Å². The van der Waals surface area contributed by atoms with Gasteiger partial charge in [0.1, 0.15) is 0 Å². The molecule has 3 rings (SSSR count). The molecule has 0 atom stereocenters. The highest BCUT2D eigenvalue weighted by Crippen LogP contribution is 2.21. The zero-order valence-corrected chi connectivity index (χ0v) is 16.6. The predicted molar refractivity (Wildman–Crippen MR) is 115 cm³/mol. The van der Waals surface area contributed by atoms with Gasteiger partial charge in [-0.3, -0.25) is 9.59 Å². The van der Waals surface area contributed by atoms with Crippen molar-refractivity contribution in [3.8, 4) is 0 Å². The van der Waals surface area contributed by atoms with E-state index in [0.29, 0.717) is 31.0 Å². The number of benzene rings is 2. The van der Waals surface area contributed by atoms with Crippen LogP contribution in [0.1, 0.15) is 41.3 Å². The molecule has 0 aromatic heterocycles. The number of rotatable bonds is 7. The quantitative estimate of drug-likeness (QED) is 0.496. The largest absolute Gasteiger partial charge is 0.366 e. The average molecular weight is 393 g/mol. The Morgan fingerprint density at radius 1 is 1.07 bits per heavy atom. The van der Waals surface area contributed by atoms with Crippen LogP contribution < -0.4 is 21.3 Å². The van der Waals surface area contributed by atoms with Gasteiger partial charge in [0.15, 0.2) is 5.96 Å². The van der Waals surface area contributed by atoms with Crippen molar-refractivity contribution in [2.75, 3.05) is 18.0 Å². The van der Waals surface area contributed by atoms with E-state index in [1.54, 1.807) is 12.1 Å². The molecule has 0 aliphatic carbocycles. The molecule has 152 valence electrons. The van der Waals surface area contributed by atoms with E-state index in [2.05, 4.69) is 15.6 Å². The number of primary amides is 1. The third kappa shape index (κ3) is 5.57. The van der Waals surface area contributed by atoms with Crippen molar-refractivity contribution >= 4 is 23.5 Å². The molecule has 1 aliphatic heterocycles. The van der Waals surface area contributed by atoms with E-state index < -0.39 is 5.91 Å². The van der Waals surface area contributed by atoms with E-state index in [0.717, 1.165) is 36.3 Å². The van der Waals surface area contributed by atoms with Crippen LogP contribution in [-0.2, 0) is 17.9 Å². The molecule has 4 N–H and O–H groups in total. The number of carbonyl (C=O) groups excluding carboxylic acids is 2. The Balaban J connectivity index is 1.58. The smallest absolute Gasteiger partial charge is 0.248 e. The van der Waals surface area contributed by atoms with Crippen LogP contribution in [0, 0.1) is 0 Å². The molecule has 0 spiro atoms. The lowest BCUT2D eigenvalue weighted by atomic mass is 10.1. The number of aliphatic imine (C=N–C) groups is 1. The Hall–Kier alpha value is -3.35. The van der Waals surface area contributed by atoms with Gasteiger partial charge in [-0.1, -0.05) is 24.3 Å². The first-order chi connectivity index (χ1) is 14.1. The van der Waals surface area contributed by atoms with Crippen LogP contribution in [0.4, 0.5) is 5.69 Å². The molecule has 1 heterocycles. The molecular weight excluding hydrogens is 366 g/mol. The molecule has 1 aliphatic rings. The number of hydrogen-bond donors (Lipinski definition) is 3. The maximum absolute atomic E-state index is 11.9. The van der Waals surface area contributed by atoms with Crippen molar-refractivity contribution < 1.29 is 9.59 Å². The minimum atomic E-state index is -0.431. The lowest BCUT2D eigenvalue weighted by Crippen LogP contribution is -2.36. The summed E-state index contributed by atoms with van der Waals surface area (Å²) >= 11 is 0. The Labute approximate surface area is 171 Å². The zero-order valence-electron chi connectivity index (χ0n) is 16.6. The summed E-state index contributed by atoms with van der Waals surface area (Å²) in [5.41, 5.74) is 8.81. The van der Waals surface area contributed by atoms with Crippen LogP contribution in [0.5, 0.6) is 0 Å². The Kier molecular flexibility index (Phi) is 6.84. The molecule has 2 amide bonds. The summed E-state index contributed by atoms with van der Waals surface area (Å²) in [6.45, 7) is 4.68. The van der Waals surface area contributed by atoms with Gasteiger partial charge < -0.3 is 21.3 Å². The normalized spacial score (nSPS) is 14.2. The van der Waals surface area contributed by atoms with E-state index in [1.165, 1.54) is 0 Å². The fourth-order valence-electron chi connectivity index (χ4n) is 3.19. The van der Waals surface area contributed by atoms with Crippen molar-refractivity contribution in [3.05, 3.63) is 65.2 Å². The SMILES string of the molecule is CCNC(=NCc1ccc(N2CCCC2=O)cc1)NCc1ccc(C(N)=O)cc1. The maximum atomic E-state index is 11.9. The number of hydrogen-bond acceptors (Lipinski definition) is 3. The Morgan fingerprint density at radius 2 is 1.76 bits per heavy atom. The van der Waals surface area contributed by atoms with E-state index >= 15 is 0 Å². The molecule has 7 heteroatoms. The van der Waals surface area contributed by atoms with Crippen LogP contribution in [0.3, 0.4) is 0 Å². The molecule has 2 aromatic rings. The fraction of sp³-hybridized carbons (Fsp3) is 0.318. The number of anilines is 1. The first kappa shape index (κ1) is 20.4. The number of nitrogens with two attached hydrogens (primary N) is 1. The maximum Gasteiger partial charge on any atom is 0.248 e. The second kappa shape index (κ2) is 9.73. The van der Waals surface area contributed by atoms with E-state index in [1.807, 2.05) is 48.2 Å². The topological polar surface area (TPSA) is 99.8 Å². The number of amides is 2. The van der Waals surface area contributed by atoms with Gasteiger partial charge in [-0.15, -0.1) is 0 Å². The highest BCUT2D eigenvalue weighted by atomic mass is 16.2. The Morgan fingerprint density at radius 3 is 2.34 bits per heavy atom. The zero-order chi connectivity index (χ0) is 20.6. The molecule has 0 radical (unpaired) electrons. The summed E-state index contributed by atoms with van der Waals surface area (Å²) in [6, 6.07) is 15.2. The molecule has 29 heavy (non-hydrogen) atoms. The van der Waals surface area contributed by atoms with E-state index in [4.69, 9.17) is 5.73 Å². The Bertz CT molecular complexity index is 875. The van der Waals surface area contributed by atoms with Crippen molar-refractivity contribution in [3.63, 3.8) is 0 Å². The van der Waals surface area contributed by atoms with Crippen molar-refractivity contribution in [1.29, 1.82) is 0 Å². The third-order valence-electron chi connectivity index (χ3n) is 4.78. The summed E-state index contributed by atoms with van der Waals surface area (Å²) in [7, 11) is 0. The molecule has 0 bridgehead atoms. The molecule has 0 saturated carbocycles. The van der Waals surface area contributed by atoms with Gasteiger partial charge in [0.05, 0.1) is 6.54 Å². The van der Waals surface area contributed by atoms with Crippen molar-refractivity contribution in [2.45, 2.75) is 32.9 Å². The summed E-state index contributed by atoms with van der Waals surface area (Å²) in [4.78, 5) is 29.5. The molecule has 0 unspecified atom stereocenters. The van der Waals surface area contributed by atoms with Crippen LogP contribution in [0.25, 0.3) is 0 Å². The summed E-state index contributed by atoms with van der Waals surface area (Å²) < 4.78 is 0.